The molecule has 0 aromatic rings. The number of urea groups is 2. The van der Waals surface area contributed by atoms with E-state index in [9.17, 15) is 9.59 Å². The van der Waals surface area contributed by atoms with Crippen molar-refractivity contribution < 1.29 is 14.8 Å². The number of hydroxylamine groups is 1. The van der Waals surface area contributed by atoms with Gasteiger partial charge in [0.15, 0.2) is 0 Å². The maximum absolute atomic E-state index is 10.6. The minimum atomic E-state index is -0.876. The second-order valence-corrected chi connectivity index (χ2v) is 1.53. The Morgan fingerprint density at radius 1 is 1.40 bits per heavy atom. The molecule has 0 radical (unpaired) electrons. The van der Waals surface area contributed by atoms with Crippen molar-refractivity contribution in [2.24, 2.45) is 0 Å². The van der Waals surface area contributed by atoms with Gasteiger partial charge in [-0.2, -0.15) is 0 Å². The summed E-state index contributed by atoms with van der Waals surface area (Å²) in [6.07, 6.45) is 0. The average molecular weight is 147 g/mol. The van der Waals surface area contributed by atoms with E-state index in [1.54, 1.807) is 0 Å². The van der Waals surface area contributed by atoms with E-state index in [4.69, 9.17) is 5.21 Å². The molecule has 0 aromatic carbocycles. The zero-order valence-corrected chi connectivity index (χ0v) is 5.71. The smallest absolute Gasteiger partial charge is 0.341 e. The van der Waals surface area contributed by atoms with E-state index in [0.717, 1.165) is 0 Å². The SMILES string of the molecule is CNC(=O)N(C)C(=O)NO. The van der Waals surface area contributed by atoms with Crippen molar-refractivity contribution in [1.29, 1.82) is 0 Å². The van der Waals surface area contributed by atoms with E-state index in [0.29, 0.717) is 4.90 Å². The third-order valence-corrected chi connectivity index (χ3v) is 0.919. The van der Waals surface area contributed by atoms with Crippen LogP contribution in [-0.4, -0.2) is 36.3 Å². The summed E-state index contributed by atoms with van der Waals surface area (Å²) in [5.74, 6) is 0. The number of carbonyl (C=O) groups is 2. The van der Waals surface area contributed by atoms with Crippen molar-refractivity contribution in [1.82, 2.24) is 15.7 Å². The first-order valence-electron chi connectivity index (χ1n) is 2.53. The number of hydrogen-bond acceptors (Lipinski definition) is 3. The molecule has 0 aliphatic rings. The van der Waals surface area contributed by atoms with Crippen LogP contribution in [0.4, 0.5) is 9.59 Å². The third kappa shape index (κ3) is 1.90. The summed E-state index contributed by atoms with van der Waals surface area (Å²) in [5.41, 5.74) is 1.31. The van der Waals surface area contributed by atoms with E-state index in [1.807, 2.05) is 0 Å². The Balaban J connectivity index is 3.94. The summed E-state index contributed by atoms with van der Waals surface area (Å²) in [4.78, 5) is 21.7. The van der Waals surface area contributed by atoms with Gasteiger partial charge in [0.2, 0.25) is 0 Å². The van der Waals surface area contributed by atoms with Crippen molar-refractivity contribution in [3.8, 4) is 0 Å². The number of nitrogens with zero attached hydrogens (tertiary/aromatic N) is 1. The fourth-order valence-corrected chi connectivity index (χ4v) is 0.335. The Morgan fingerprint density at radius 3 is 2.20 bits per heavy atom. The van der Waals surface area contributed by atoms with Gasteiger partial charge in [-0.05, 0) is 0 Å². The lowest BCUT2D eigenvalue weighted by Gasteiger charge is -2.11. The van der Waals surface area contributed by atoms with Crippen LogP contribution in [0.25, 0.3) is 0 Å². The molecule has 0 aliphatic heterocycles. The molecule has 0 aromatic heterocycles. The van der Waals surface area contributed by atoms with Gasteiger partial charge in [0.25, 0.3) is 0 Å². The van der Waals surface area contributed by atoms with E-state index in [1.165, 1.54) is 19.6 Å². The van der Waals surface area contributed by atoms with Crippen LogP contribution in [-0.2, 0) is 0 Å². The highest BCUT2D eigenvalue weighted by molar-refractivity contribution is 5.92. The van der Waals surface area contributed by atoms with Gasteiger partial charge in [-0.15, -0.1) is 0 Å². The van der Waals surface area contributed by atoms with Gasteiger partial charge in [-0.1, -0.05) is 0 Å². The van der Waals surface area contributed by atoms with Crippen molar-refractivity contribution in [2.45, 2.75) is 0 Å². The maximum atomic E-state index is 10.6. The molecule has 0 heterocycles. The number of amides is 4. The average Bonchev–Trinajstić information content (AvgIpc) is 2.00. The molecular formula is C4H9N3O3. The van der Waals surface area contributed by atoms with E-state index >= 15 is 0 Å². The van der Waals surface area contributed by atoms with Crippen LogP contribution in [0.15, 0.2) is 0 Å². The Labute approximate surface area is 57.8 Å². The summed E-state index contributed by atoms with van der Waals surface area (Å²) in [6.45, 7) is 0. The molecule has 6 heteroatoms. The first-order valence-corrected chi connectivity index (χ1v) is 2.53. The van der Waals surface area contributed by atoms with Crippen LogP contribution in [0.1, 0.15) is 0 Å². The van der Waals surface area contributed by atoms with E-state index in [-0.39, 0.29) is 0 Å². The van der Waals surface area contributed by atoms with E-state index < -0.39 is 12.1 Å². The highest BCUT2D eigenvalue weighted by Gasteiger charge is 2.12. The van der Waals surface area contributed by atoms with Crippen molar-refractivity contribution >= 4 is 12.1 Å². The maximum Gasteiger partial charge on any atom is 0.348 e. The zero-order valence-electron chi connectivity index (χ0n) is 5.71. The van der Waals surface area contributed by atoms with Gasteiger partial charge in [0.1, 0.15) is 0 Å². The Bertz CT molecular complexity index is 131. The fourth-order valence-electron chi connectivity index (χ4n) is 0.335. The summed E-state index contributed by atoms with van der Waals surface area (Å²) in [7, 11) is 2.61. The Morgan fingerprint density at radius 2 is 1.90 bits per heavy atom. The molecular weight excluding hydrogens is 138 g/mol. The largest absolute Gasteiger partial charge is 0.348 e. The zero-order chi connectivity index (χ0) is 8.15. The number of rotatable bonds is 0. The number of imide groups is 1. The predicted octanol–water partition coefficient (Wildman–Crippen LogP) is -0.644. The van der Waals surface area contributed by atoms with Gasteiger partial charge in [0.05, 0.1) is 0 Å². The minimum absolute atomic E-state index is 0.591. The highest BCUT2D eigenvalue weighted by atomic mass is 16.5. The lowest BCUT2D eigenvalue weighted by molar-refractivity contribution is 0.139. The molecule has 0 spiro atoms. The van der Waals surface area contributed by atoms with Gasteiger partial charge in [-0.25, -0.2) is 20.0 Å². The molecule has 0 fully saturated rings. The number of hydrogen-bond donors (Lipinski definition) is 3. The Hall–Kier alpha value is -1.30. The third-order valence-electron chi connectivity index (χ3n) is 0.919. The molecule has 0 atom stereocenters. The second kappa shape index (κ2) is 3.67. The van der Waals surface area contributed by atoms with Crippen LogP contribution in [0, 0.1) is 0 Å². The first-order chi connectivity index (χ1) is 4.63. The topological polar surface area (TPSA) is 81.7 Å². The molecule has 0 rings (SSSR count). The second-order valence-electron chi connectivity index (χ2n) is 1.53. The monoisotopic (exact) mass is 147 g/mol. The standard InChI is InChI=1S/C4H9N3O3/c1-5-3(8)7(2)4(9)6-10/h10H,1-2H3,(H,5,8)(H,6,9). The van der Waals surface area contributed by atoms with Crippen LogP contribution < -0.4 is 10.8 Å². The van der Waals surface area contributed by atoms with Crippen molar-refractivity contribution in [2.75, 3.05) is 14.1 Å². The fraction of sp³-hybridized carbons (Fsp3) is 0.500. The van der Waals surface area contributed by atoms with Crippen LogP contribution in [0.5, 0.6) is 0 Å². The summed E-state index contributed by atoms with van der Waals surface area (Å²) < 4.78 is 0. The molecule has 3 N–H and O–H groups in total. The molecule has 0 saturated heterocycles. The molecule has 58 valence electrons. The van der Waals surface area contributed by atoms with Crippen LogP contribution >= 0.6 is 0 Å². The number of carbonyl (C=O) groups excluding carboxylic acids is 2. The molecule has 0 aliphatic carbocycles. The van der Waals surface area contributed by atoms with Crippen LogP contribution in [0.2, 0.25) is 0 Å². The van der Waals surface area contributed by atoms with Crippen molar-refractivity contribution in [3.05, 3.63) is 0 Å². The van der Waals surface area contributed by atoms with Gasteiger partial charge < -0.3 is 5.32 Å². The Kier molecular flexibility index (Phi) is 3.20. The lowest BCUT2D eigenvalue weighted by Crippen LogP contribution is -2.43. The normalized spacial score (nSPS) is 8.30. The molecule has 10 heavy (non-hydrogen) atoms. The quantitative estimate of drug-likeness (QED) is 0.315. The molecule has 0 bridgehead atoms. The molecule has 0 unspecified atom stereocenters. The lowest BCUT2D eigenvalue weighted by atomic mass is 10.7. The highest BCUT2D eigenvalue weighted by Crippen LogP contribution is 1.82. The summed E-state index contributed by atoms with van der Waals surface area (Å²) in [6, 6.07) is -1.47. The van der Waals surface area contributed by atoms with E-state index in [2.05, 4.69) is 5.32 Å². The molecule has 4 amide bonds. The first kappa shape index (κ1) is 8.70. The summed E-state index contributed by atoms with van der Waals surface area (Å²) >= 11 is 0. The van der Waals surface area contributed by atoms with Gasteiger partial charge >= 0.3 is 12.1 Å². The van der Waals surface area contributed by atoms with Crippen molar-refractivity contribution in [3.63, 3.8) is 0 Å². The van der Waals surface area contributed by atoms with Crippen LogP contribution in [0.3, 0.4) is 0 Å². The van der Waals surface area contributed by atoms with Gasteiger partial charge in [0, 0.05) is 14.1 Å². The van der Waals surface area contributed by atoms with Gasteiger partial charge in [-0.3, -0.25) is 5.21 Å². The minimum Gasteiger partial charge on any atom is -0.341 e. The molecule has 0 saturated carbocycles. The number of nitrogens with one attached hydrogen (secondary N) is 2. The summed E-state index contributed by atoms with van der Waals surface area (Å²) in [5, 5.41) is 10.2. The predicted molar refractivity (Wildman–Crippen MR) is 32.5 cm³/mol. The molecule has 6 nitrogen and oxygen atoms in total.